The van der Waals surface area contributed by atoms with E-state index in [0.717, 1.165) is 29.8 Å². The summed E-state index contributed by atoms with van der Waals surface area (Å²) in [5, 5.41) is 2.86. The van der Waals surface area contributed by atoms with Crippen molar-refractivity contribution in [1.29, 1.82) is 0 Å². The van der Waals surface area contributed by atoms with Crippen molar-refractivity contribution in [2.75, 3.05) is 27.2 Å². The number of rotatable bonds is 8. The summed E-state index contributed by atoms with van der Waals surface area (Å²) in [7, 11) is 4.02. The molecular formula is C19H26N2O3. The van der Waals surface area contributed by atoms with Crippen molar-refractivity contribution in [2.45, 2.75) is 26.9 Å². The average Bonchev–Trinajstić information content (AvgIpc) is 3.00. The summed E-state index contributed by atoms with van der Waals surface area (Å²) in [6, 6.07) is 9.49. The molecule has 0 spiro atoms. The van der Waals surface area contributed by atoms with Crippen LogP contribution < -0.4 is 10.1 Å². The molecule has 1 amide bonds. The number of benzene rings is 1. The third kappa shape index (κ3) is 5.13. The van der Waals surface area contributed by atoms with E-state index in [1.54, 1.807) is 12.1 Å². The van der Waals surface area contributed by atoms with Crippen LogP contribution in [0.15, 0.2) is 34.7 Å². The second-order valence-electron chi connectivity index (χ2n) is 6.19. The van der Waals surface area contributed by atoms with Gasteiger partial charge in [0, 0.05) is 6.54 Å². The number of carbonyl (C=O) groups is 1. The minimum Gasteiger partial charge on any atom is -0.485 e. The maximum atomic E-state index is 12.0. The molecule has 0 aliphatic carbocycles. The van der Waals surface area contributed by atoms with Crippen molar-refractivity contribution in [1.82, 2.24) is 10.2 Å². The van der Waals surface area contributed by atoms with E-state index < -0.39 is 0 Å². The van der Waals surface area contributed by atoms with Crippen LogP contribution in [-0.4, -0.2) is 38.0 Å². The molecule has 1 aromatic carbocycles. The lowest BCUT2D eigenvalue weighted by molar-refractivity contribution is 0.0920. The number of para-hydroxylation sites is 1. The van der Waals surface area contributed by atoms with Gasteiger partial charge in [0.2, 0.25) is 0 Å². The lowest BCUT2D eigenvalue weighted by atomic mass is 10.1. The average molecular weight is 330 g/mol. The maximum Gasteiger partial charge on any atom is 0.286 e. The summed E-state index contributed by atoms with van der Waals surface area (Å²) < 4.78 is 11.4. The third-order valence-corrected chi connectivity index (χ3v) is 3.72. The Bertz CT molecular complexity index is 657. The standard InChI is InChI=1S/C19H26N2O3/c1-14-7-5-8-15(2)18(14)23-13-16-9-10-17(24-16)19(22)20-11-6-12-21(3)4/h5,7-10H,6,11-13H2,1-4H3,(H,20,22). The van der Waals surface area contributed by atoms with Gasteiger partial charge in [0.15, 0.2) is 5.76 Å². The first-order chi connectivity index (χ1) is 11.5. The zero-order valence-corrected chi connectivity index (χ0v) is 14.9. The van der Waals surface area contributed by atoms with Crippen LogP contribution in [0.3, 0.4) is 0 Å². The second-order valence-corrected chi connectivity index (χ2v) is 6.19. The Labute approximate surface area is 143 Å². The van der Waals surface area contributed by atoms with Crippen LogP contribution in [0.1, 0.15) is 33.9 Å². The molecule has 2 aromatic rings. The highest BCUT2D eigenvalue weighted by atomic mass is 16.5. The van der Waals surface area contributed by atoms with Gasteiger partial charge in [-0.15, -0.1) is 0 Å². The van der Waals surface area contributed by atoms with Gasteiger partial charge >= 0.3 is 0 Å². The highest BCUT2D eigenvalue weighted by Crippen LogP contribution is 2.23. The number of carbonyl (C=O) groups excluding carboxylic acids is 1. The number of nitrogens with zero attached hydrogens (tertiary/aromatic N) is 1. The van der Waals surface area contributed by atoms with Gasteiger partial charge in [0.05, 0.1) is 0 Å². The first-order valence-corrected chi connectivity index (χ1v) is 8.18. The second kappa shape index (κ2) is 8.55. The van der Waals surface area contributed by atoms with E-state index >= 15 is 0 Å². The van der Waals surface area contributed by atoms with Crippen molar-refractivity contribution in [3.63, 3.8) is 0 Å². The minimum absolute atomic E-state index is 0.188. The molecule has 1 heterocycles. The lowest BCUT2D eigenvalue weighted by Crippen LogP contribution is -2.26. The molecular weight excluding hydrogens is 304 g/mol. The van der Waals surface area contributed by atoms with Crippen molar-refractivity contribution in [3.05, 3.63) is 53.0 Å². The summed E-state index contributed by atoms with van der Waals surface area (Å²) in [5.41, 5.74) is 2.17. The fourth-order valence-corrected chi connectivity index (χ4v) is 2.43. The van der Waals surface area contributed by atoms with Crippen LogP contribution in [0, 0.1) is 13.8 Å². The molecule has 0 bridgehead atoms. The van der Waals surface area contributed by atoms with Crippen LogP contribution in [0.4, 0.5) is 0 Å². The lowest BCUT2D eigenvalue weighted by Gasteiger charge is -2.10. The summed E-state index contributed by atoms with van der Waals surface area (Å²) in [6.07, 6.45) is 0.905. The van der Waals surface area contributed by atoms with Gasteiger partial charge in [-0.3, -0.25) is 4.79 Å². The topological polar surface area (TPSA) is 54.7 Å². The molecule has 1 aromatic heterocycles. The Hall–Kier alpha value is -2.27. The monoisotopic (exact) mass is 330 g/mol. The molecule has 0 saturated carbocycles. The summed E-state index contributed by atoms with van der Waals surface area (Å²) in [4.78, 5) is 14.1. The van der Waals surface area contributed by atoms with Crippen LogP contribution in [0.25, 0.3) is 0 Å². The zero-order chi connectivity index (χ0) is 17.5. The predicted molar refractivity (Wildman–Crippen MR) is 94.5 cm³/mol. The first-order valence-electron chi connectivity index (χ1n) is 8.18. The Morgan fingerprint density at radius 1 is 1.17 bits per heavy atom. The van der Waals surface area contributed by atoms with Gasteiger partial charge in [0.1, 0.15) is 18.1 Å². The largest absolute Gasteiger partial charge is 0.485 e. The first kappa shape index (κ1) is 18.1. The van der Waals surface area contributed by atoms with Gasteiger partial charge in [-0.25, -0.2) is 0 Å². The number of ether oxygens (including phenoxy) is 1. The molecule has 24 heavy (non-hydrogen) atoms. The molecule has 1 N–H and O–H groups in total. The molecule has 0 radical (unpaired) electrons. The normalized spacial score (nSPS) is 10.9. The molecule has 0 aliphatic heterocycles. The number of hydrogen-bond donors (Lipinski definition) is 1. The van der Waals surface area contributed by atoms with Crippen molar-refractivity contribution in [3.8, 4) is 5.75 Å². The Kier molecular flexibility index (Phi) is 6.44. The SMILES string of the molecule is Cc1cccc(C)c1OCc1ccc(C(=O)NCCCN(C)C)o1. The van der Waals surface area contributed by atoms with Crippen LogP contribution >= 0.6 is 0 Å². The number of amides is 1. The molecule has 0 atom stereocenters. The fourth-order valence-electron chi connectivity index (χ4n) is 2.43. The van der Waals surface area contributed by atoms with E-state index in [0.29, 0.717) is 24.7 Å². The van der Waals surface area contributed by atoms with Crippen molar-refractivity contribution in [2.24, 2.45) is 0 Å². The number of aryl methyl sites for hydroxylation is 2. The van der Waals surface area contributed by atoms with Crippen molar-refractivity contribution < 1.29 is 13.9 Å². The number of hydrogen-bond acceptors (Lipinski definition) is 4. The summed E-state index contributed by atoms with van der Waals surface area (Å²) in [5.74, 6) is 1.63. The molecule has 2 rings (SSSR count). The quantitative estimate of drug-likeness (QED) is 0.756. The van der Waals surface area contributed by atoms with E-state index in [1.165, 1.54) is 0 Å². The van der Waals surface area contributed by atoms with Crippen LogP contribution in [0.5, 0.6) is 5.75 Å². The zero-order valence-electron chi connectivity index (χ0n) is 14.9. The number of nitrogens with one attached hydrogen (secondary N) is 1. The van der Waals surface area contributed by atoms with Crippen LogP contribution in [-0.2, 0) is 6.61 Å². The smallest absolute Gasteiger partial charge is 0.286 e. The maximum absolute atomic E-state index is 12.0. The van der Waals surface area contributed by atoms with E-state index in [2.05, 4.69) is 10.2 Å². The summed E-state index contributed by atoms with van der Waals surface area (Å²) >= 11 is 0. The Morgan fingerprint density at radius 3 is 2.54 bits per heavy atom. The van der Waals surface area contributed by atoms with Crippen LogP contribution in [0.2, 0.25) is 0 Å². The highest BCUT2D eigenvalue weighted by molar-refractivity contribution is 5.91. The molecule has 0 fully saturated rings. The van der Waals surface area contributed by atoms with Gasteiger partial charge in [0.25, 0.3) is 5.91 Å². The molecule has 0 aliphatic rings. The van der Waals surface area contributed by atoms with Gasteiger partial charge in [-0.1, -0.05) is 18.2 Å². The fraction of sp³-hybridized carbons (Fsp3) is 0.421. The van der Waals surface area contributed by atoms with E-state index in [-0.39, 0.29) is 5.91 Å². The molecule has 0 unspecified atom stereocenters. The molecule has 0 saturated heterocycles. The number of furan rings is 1. The van der Waals surface area contributed by atoms with Crippen molar-refractivity contribution >= 4 is 5.91 Å². The Balaban J connectivity index is 1.85. The Morgan fingerprint density at radius 2 is 1.88 bits per heavy atom. The predicted octanol–water partition coefficient (Wildman–Crippen LogP) is 3.16. The van der Waals surface area contributed by atoms with Gasteiger partial charge < -0.3 is 19.4 Å². The van der Waals surface area contributed by atoms with E-state index in [9.17, 15) is 4.79 Å². The summed E-state index contributed by atoms with van der Waals surface area (Å²) in [6.45, 7) is 5.90. The molecule has 5 heteroatoms. The van der Waals surface area contributed by atoms with E-state index in [4.69, 9.17) is 9.15 Å². The van der Waals surface area contributed by atoms with Gasteiger partial charge in [-0.2, -0.15) is 0 Å². The highest BCUT2D eigenvalue weighted by Gasteiger charge is 2.12. The van der Waals surface area contributed by atoms with E-state index in [1.807, 2.05) is 46.1 Å². The molecule has 5 nitrogen and oxygen atoms in total. The minimum atomic E-state index is -0.188. The molecule has 130 valence electrons. The van der Waals surface area contributed by atoms with Gasteiger partial charge in [-0.05, 0) is 64.2 Å². The third-order valence-electron chi connectivity index (χ3n) is 3.72.